The second-order valence-electron chi connectivity index (χ2n) is 3.12. The SMILES string of the molecule is COC(=O)C(CO)NCc1ccccc1.Cl. The molecule has 1 atom stereocenters. The summed E-state index contributed by atoms with van der Waals surface area (Å²) in [4.78, 5) is 11.1. The zero-order valence-electron chi connectivity index (χ0n) is 9.05. The lowest BCUT2D eigenvalue weighted by Gasteiger charge is -2.13. The van der Waals surface area contributed by atoms with Gasteiger partial charge in [0.2, 0.25) is 0 Å². The fourth-order valence-electron chi connectivity index (χ4n) is 1.20. The topological polar surface area (TPSA) is 58.6 Å². The smallest absolute Gasteiger partial charge is 0.325 e. The molecule has 0 fully saturated rings. The molecule has 0 saturated carbocycles. The summed E-state index contributed by atoms with van der Waals surface area (Å²) < 4.78 is 4.53. The van der Waals surface area contributed by atoms with Gasteiger partial charge in [-0.2, -0.15) is 0 Å². The molecule has 0 spiro atoms. The maximum Gasteiger partial charge on any atom is 0.325 e. The highest BCUT2D eigenvalue weighted by molar-refractivity contribution is 5.85. The Morgan fingerprint density at radius 3 is 2.56 bits per heavy atom. The standard InChI is InChI=1S/C11H15NO3.ClH/c1-15-11(14)10(8-13)12-7-9-5-3-2-4-6-9;/h2-6,10,12-13H,7-8H2,1H3;1H. The van der Waals surface area contributed by atoms with Crippen molar-refractivity contribution in [2.24, 2.45) is 0 Å². The van der Waals surface area contributed by atoms with Gasteiger partial charge in [-0.15, -0.1) is 12.4 Å². The average molecular weight is 246 g/mol. The van der Waals surface area contributed by atoms with E-state index in [1.165, 1.54) is 7.11 Å². The maximum absolute atomic E-state index is 11.1. The molecule has 0 bridgehead atoms. The molecule has 4 nitrogen and oxygen atoms in total. The van der Waals surface area contributed by atoms with Gasteiger partial charge in [0, 0.05) is 6.54 Å². The van der Waals surface area contributed by atoms with Gasteiger partial charge in [0.15, 0.2) is 0 Å². The van der Waals surface area contributed by atoms with Crippen molar-refractivity contribution in [2.75, 3.05) is 13.7 Å². The monoisotopic (exact) mass is 245 g/mol. The van der Waals surface area contributed by atoms with Crippen molar-refractivity contribution >= 4 is 18.4 Å². The van der Waals surface area contributed by atoms with Crippen LogP contribution in [0, 0.1) is 0 Å². The minimum Gasteiger partial charge on any atom is -0.468 e. The first-order chi connectivity index (χ1) is 7.27. The van der Waals surface area contributed by atoms with Crippen molar-refractivity contribution < 1.29 is 14.6 Å². The Labute approximate surface area is 101 Å². The third-order valence-electron chi connectivity index (χ3n) is 2.06. The highest BCUT2D eigenvalue weighted by Crippen LogP contribution is 1.98. The lowest BCUT2D eigenvalue weighted by atomic mass is 10.2. The van der Waals surface area contributed by atoms with Crippen molar-refractivity contribution in [3.05, 3.63) is 35.9 Å². The first kappa shape index (κ1) is 14.9. The molecule has 1 rings (SSSR count). The van der Waals surface area contributed by atoms with Gasteiger partial charge in [0.05, 0.1) is 13.7 Å². The van der Waals surface area contributed by atoms with Crippen molar-refractivity contribution in [1.82, 2.24) is 5.32 Å². The Morgan fingerprint density at radius 2 is 2.06 bits per heavy atom. The molecular weight excluding hydrogens is 230 g/mol. The maximum atomic E-state index is 11.1. The summed E-state index contributed by atoms with van der Waals surface area (Å²) in [5.74, 6) is -0.451. The van der Waals surface area contributed by atoms with E-state index in [4.69, 9.17) is 5.11 Å². The quantitative estimate of drug-likeness (QED) is 0.751. The van der Waals surface area contributed by atoms with E-state index in [0.717, 1.165) is 5.56 Å². The van der Waals surface area contributed by atoms with Crippen LogP contribution in [0.4, 0.5) is 0 Å². The molecule has 5 heteroatoms. The number of benzene rings is 1. The minimum absolute atomic E-state index is 0. The van der Waals surface area contributed by atoms with Crippen molar-refractivity contribution in [2.45, 2.75) is 12.6 Å². The van der Waals surface area contributed by atoms with E-state index in [0.29, 0.717) is 6.54 Å². The number of hydrogen-bond acceptors (Lipinski definition) is 4. The molecule has 16 heavy (non-hydrogen) atoms. The largest absolute Gasteiger partial charge is 0.468 e. The Hall–Kier alpha value is -1.10. The van der Waals surface area contributed by atoms with Crippen LogP contribution >= 0.6 is 12.4 Å². The second-order valence-corrected chi connectivity index (χ2v) is 3.12. The van der Waals surface area contributed by atoms with Crippen LogP contribution in [0.1, 0.15) is 5.56 Å². The lowest BCUT2D eigenvalue weighted by molar-refractivity contribution is -0.144. The zero-order chi connectivity index (χ0) is 11.1. The molecule has 0 heterocycles. The number of hydrogen-bond donors (Lipinski definition) is 2. The van der Waals surface area contributed by atoms with Crippen LogP contribution in [0.15, 0.2) is 30.3 Å². The van der Waals surface area contributed by atoms with Gasteiger partial charge in [-0.3, -0.25) is 10.1 Å². The number of carbonyl (C=O) groups excluding carboxylic acids is 1. The summed E-state index contributed by atoms with van der Waals surface area (Å²) >= 11 is 0. The van der Waals surface area contributed by atoms with Gasteiger partial charge in [-0.25, -0.2) is 0 Å². The van der Waals surface area contributed by atoms with E-state index in [-0.39, 0.29) is 19.0 Å². The van der Waals surface area contributed by atoms with Crippen LogP contribution in [-0.2, 0) is 16.1 Å². The van der Waals surface area contributed by atoms with Crippen LogP contribution in [0.2, 0.25) is 0 Å². The average Bonchev–Trinajstić information content (AvgIpc) is 2.31. The lowest BCUT2D eigenvalue weighted by Crippen LogP contribution is -2.40. The molecule has 0 saturated heterocycles. The molecule has 0 aromatic heterocycles. The number of methoxy groups -OCH3 is 1. The number of ether oxygens (including phenoxy) is 1. The summed E-state index contributed by atoms with van der Waals surface area (Å²) in [7, 11) is 1.30. The van der Waals surface area contributed by atoms with Crippen molar-refractivity contribution in [3.8, 4) is 0 Å². The number of aliphatic hydroxyl groups is 1. The summed E-state index contributed by atoms with van der Waals surface area (Å²) in [6.07, 6.45) is 0. The molecule has 0 aliphatic rings. The molecule has 2 N–H and O–H groups in total. The molecule has 0 radical (unpaired) electrons. The number of aliphatic hydroxyl groups excluding tert-OH is 1. The summed E-state index contributed by atoms with van der Waals surface area (Å²) in [6.45, 7) is 0.265. The van der Waals surface area contributed by atoms with Crippen LogP contribution in [0.3, 0.4) is 0 Å². The first-order valence-corrected chi connectivity index (χ1v) is 4.74. The van der Waals surface area contributed by atoms with E-state index in [1.807, 2.05) is 30.3 Å². The summed E-state index contributed by atoms with van der Waals surface area (Å²) in [5.41, 5.74) is 1.06. The van der Waals surface area contributed by atoms with Crippen LogP contribution in [0.25, 0.3) is 0 Å². The normalized spacial score (nSPS) is 11.4. The molecule has 0 aliphatic carbocycles. The minimum atomic E-state index is -0.657. The van der Waals surface area contributed by atoms with Crippen LogP contribution < -0.4 is 5.32 Å². The number of carbonyl (C=O) groups is 1. The Balaban J connectivity index is 0.00000225. The van der Waals surface area contributed by atoms with E-state index in [9.17, 15) is 4.79 Å². The highest BCUT2D eigenvalue weighted by Gasteiger charge is 2.16. The van der Waals surface area contributed by atoms with E-state index in [2.05, 4.69) is 10.1 Å². The highest BCUT2D eigenvalue weighted by atomic mass is 35.5. The molecule has 0 amide bonds. The molecule has 1 aromatic carbocycles. The Bertz CT molecular complexity index is 305. The van der Waals surface area contributed by atoms with E-state index in [1.54, 1.807) is 0 Å². The fraction of sp³-hybridized carbons (Fsp3) is 0.364. The zero-order valence-corrected chi connectivity index (χ0v) is 9.87. The molecule has 1 aromatic rings. The van der Waals surface area contributed by atoms with E-state index >= 15 is 0 Å². The third kappa shape index (κ3) is 4.61. The number of esters is 1. The molecular formula is C11H16ClNO3. The van der Waals surface area contributed by atoms with Gasteiger partial charge >= 0.3 is 5.97 Å². The van der Waals surface area contributed by atoms with Crippen molar-refractivity contribution in [1.29, 1.82) is 0 Å². The summed E-state index contributed by atoms with van der Waals surface area (Å²) in [6, 6.07) is 8.99. The van der Waals surface area contributed by atoms with Gasteiger partial charge < -0.3 is 9.84 Å². The Kier molecular flexibility index (Phi) is 7.54. The van der Waals surface area contributed by atoms with Gasteiger partial charge in [0.25, 0.3) is 0 Å². The predicted octanol–water partition coefficient (Wildman–Crippen LogP) is 0.732. The number of rotatable bonds is 5. The second kappa shape index (κ2) is 8.10. The molecule has 90 valence electrons. The van der Waals surface area contributed by atoms with Crippen LogP contribution in [0.5, 0.6) is 0 Å². The predicted molar refractivity (Wildman–Crippen MR) is 63.4 cm³/mol. The number of halogens is 1. The van der Waals surface area contributed by atoms with Crippen molar-refractivity contribution in [3.63, 3.8) is 0 Å². The summed E-state index contributed by atoms with van der Waals surface area (Å²) in [5, 5.41) is 11.9. The van der Waals surface area contributed by atoms with E-state index < -0.39 is 12.0 Å². The number of nitrogens with one attached hydrogen (secondary N) is 1. The first-order valence-electron chi connectivity index (χ1n) is 4.74. The fourth-order valence-corrected chi connectivity index (χ4v) is 1.20. The Morgan fingerprint density at radius 1 is 1.44 bits per heavy atom. The third-order valence-corrected chi connectivity index (χ3v) is 2.06. The molecule has 1 unspecified atom stereocenters. The van der Waals surface area contributed by atoms with Gasteiger partial charge in [0.1, 0.15) is 6.04 Å². The van der Waals surface area contributed by atoms with Crippen LogP contribution in [-0.4, -0.2) is 30.8 Å². The molecule has 0 aliphatic heterocycles. The van der Waals surface area contributed by atoms with Gasteiger partial charge in [-0.1, -0.05) is 30.3 Å². The van der Waals surface area contributed by atoms with Gasteiger partial charge in [-0.05, 0) is 5.56 Å².